The molecule has 0 saturated carbocycles. The zero-order chi connectivity index (χ0) is 32.8. The molecule has 11 aromatic rings. The highest BCUT2D eigenvalue weighted by Gasteiger charge is 2.19. The fourth-order valence-corrected chi connectivity index (χ4v) is 8.99. The maximum absolute atomic E-state index is 6.32. The number of rotatable bonds is 4. The number of furan rings is 1. The van der Waals surface area contributed by atoms with Gasteiger partial charge in [0, 0.05) is 64.5 Å². The molecule has 3 heterocycles. The van der Waals surface area contributed by atoms with Crippen molar-refractivity contribution in [3.05, 3.63) is 170 Å². The van der Waals surface area contributed by atoms with Crippen molar-refractivity contribution in [3.8, 4) is 5.69 Å². The summed E-state index contributed by atoms with van der Waals surface area (Å²) in [6, 6.07) is 61.4. The van der Waals surface area contributed by atoms with Crippen LogP contribution in [0.1, 0.15) is 0 Å². The number of thiophene rings is 1. The Bertz CT molecular complexity index is 3110. The lowest BCUT2D eigenvalue weighted by atomic mass is 10.0. The van der Waals surface area contributed by atoms with E-state index in [1.807, 2.05) is 23.5 Å². The molecular formula is C46H28N2OS. The molecule has 0 atom stereocenters. The predicted octanol–water partition coefficient (Wildman–Crippen LogP) is 13.7. The van der Waals surface area contributed by atoms with Crippen LogP contribution in [0.4, 0.5) is 17.1 Å². The van der Waals surface area contributed by atoms with Crippen molar-refractivity contribution in [3.63, 3.8) is 0 Å². The van der Waals surface area contributed by atoms with Gasteiger partial charge in [-0.05, 0) is 89.6 Å². The first kappa shape index (κ1) is 27.6. The monoisotopic (exact) mass is 656 g/mol. The van der Waals surface area contributed by atoms with E-state index in [9.17, 15) is 0 Å². The summed E-state index contributed by atoms with van der Waals surface area (Å²) in [5, 5.41) is 9.70. The Kier molecular flexibility index (Phi) is 5.83. The molecule has 0 bridgehead atoms. The van der Waals surface area contributed by atoms with E-state index in [4.69, 9.17) is 4.42 Å². The lowest BCUT2D eigenvalue weighted by Crippen LogP contribution is -2.10. The van der Waals surface area contributed by atoms with Crippen molar-refractivity contribution in [1.29, 1.82) is 0 Å². The smallest absolute Gasteiger partial charge is 0.136 e. The molecule has 50 heavy (non-hydrogen) atoms. The minimum Gasteiger partial charge on any atom is -0.456 e. The van der Waals surface area contributed by atoms with Gasteiger partial charge in [0.2, 0.25) is 0 Å². The van der Waals surface area contributed by atoms with Gasteiger partial charge in [0.1, 0.15) is 11.2 Å². The molecule has 0 N–H and O–H groups in total. The molecule has 3 nitrogen and oxygen atoms in total. The van der Waals surface area contributed by atoms with Gasteiger partial charge < -0.3 is 13.9 Å². The van der Waals surface area contributed by atoms with Crippen molar-refractivity contribution in [1.82, 2.24) is 4.57 Å². The van der Waals surface area contributed by atoms with Crippen LogP contribution in [0.15, 0.2) is 174 Å². The Balaban J connectivity index is 1.17. The van der Waals surface area contributed by atoms with Gasteiger partial charge in [0.05, 0.1) is 11.0 Å². The fraction of sp³-hybridized carbons (Fsp3) is 0. The summed E-state index contributed by atoms with van der Waals surface area (Å²) in [5.41, 5.74) is 8.65. The Morgan fingerprint density at radius 3 is 1.96 bits per heavy atom. The average Bonchev–Trinajstić information content (AvgIpc) is 3.83. The van der Waals surface area contributed by atoms with Crippen LogP contribution in [0.2, 0.25) is 0 Å². The van der Waals surface area contributed by atoms with Gasteiger partial charge in [-0.2, -0.15) is 0 Å². The fourth-order valence-electron chi connectivity index (χ4n) is 7.85. The van der Waals surface area contributed by atoms with Crippen molar-refractivity contribution < 1.29 is 4.42 Å². The largest absolute Gasteiger partial charge is 0.456 e. The van der Waals surface area contributed by atoms with E-state index in [1.165, 1.54) is 47.4 Å². The molecule has 0 aliphatic heterocycles. The maximum Gasteiger partial charge on any atom is 0.136 e. The van der Waals surface area contributed by atoms with Gasteiger partial charge in [-0.25, -0.2) is 0 Å². The normalized spacial score (nSPS) is 12.0. The number of para-hydroxylation sites is 3. The second-order valence-electron chi connectivity index (χ2n) is 13.0. The van der Waals surface area contributed by atoms with E-state index in [1.54, 1.807) is 0 Å². The van der Waals surface area contributed by atoms with Gasteiger partial charge in [0.25, 0.3) is 0 Å². The minimum atomic E-state index is 0.905. The van der Waals surface area contributed by atoms with Crippen LogP contribution in [-0.2, 0) is 0 Å². The third-order valence-electron chi connectivity index (χ3n) is 10.1. The van der Waals surface area contributed by atoms with Crippen LogP contribution >= 0.6 is 11.3 Å². The number of hydrogen-bond donors (Lipinski definition) is 0. The molecule has 0 unspecified atom stereocenters. The Hall–Kier alpha value is -6.36. The Morgan fingerprint density at radius 1 is 0.400 bits per heavy atom. The summed E-state index contributed by atoms with van der Waals surface area (Å²) in [4.78, 5) is 2.40. The topological polar surface area (TPSA) is 21.3 Å². The summed E-state index contributed by atoms with van der Waals surface area (Å²) >= 11 is 1.85. The molecule has 3 aromatic heterocycles. The molecule has 0 aliphatic rings. The first-order valence-electron chi connectivity index (χ1n) is 16.9. The molecule has 0 aliphatic carbocycles. The first-order valence-corrected chi connectivity index (χ1v) is 17.7. The van der Waals surface area contributed by atoms with E-state index in [0.29, 0.717) is 0 Å². The SMILES string of the molecule is c1ccc(-n2c3ccccc3c3ccc(N(c4ccc5cc6c(cc5c4)oc4ccccc46)c4ccc5c(c4)sc4ccccc45)cc32)cc1. The molecule has 0 fully saturated rings. The molecule has 0 spiro atoms. The molecule has 0 radical (unpaired) electrons. The lowest BCUT2D eigenvalue weighted by molar-refractivity contribution is 0.669. The molecule has 11 rings (SSSR count). The molecule has 234 valence electrons. The summed E-state index contributed by atoms with van der Waals surface area (Å²) in [6.45, 7) is 0. The Morgan fingerprint density at radius 2 is 1.06 bits per heavy atom. The van der Waals surface area contributed by atoms with E-state index < -0.39 is 0 Å². The highest BCUT2D eigenvalue weighted by molar-refractivity contribution is 7.25. The van der Waals surface area contributed by atoms with Gasteiger partial charge >= 0.3 is 0 Å². The van der Waals surface area contributed by atoms with Crippen LogP contribution < -0.4 is 4.90 Å². The maximum atomic E-state index is 6.32. The van der Waals surface area contributed by atoms with E-state index in [0.717, 1.165) is 50.1 Å². The third-order valence-corrected chi connectivity index (χ3v) is 11.3. The van der Waals surface area contributed by atoms with Crippen LogP contribution in [0, 0.1) is 0 Å². The zero-order valence-electron chi connectivity index (χ0n) is 26.9. The van der Waals surface area contributed by atoms with Crippen LogP contribution in [0.25, 0.3) is 80.4 Å². The molecule has 0 saturated heterocycles. The molecule has 4 heteroatoms. The summed E-state index contributed by atoms with van der Waals surface area (Å²) in [5.74, 6) is 0. The number of benzene rings is 8. The van der Waals surface area contributed by atoms with Crippen molar-refractivity contribution in [2.24, 2.45) is 0 Å². The number of aromatic nitrogens is 1. The highest BCUT2D eigenvalue weighted by Crippen LogP contribution is 2.44. The quantitative estimate of drug-likeness (QED) is 0.188. The molecular weight excluding hydrogens is 629 g/mol. The third kappa shape index (κ3) is 4.09. The second kappa shape index (κ2) is 10.6. The van der Waals surface area contributed by atoms with Crippen molar-refractivity contribution >= 4 is 103 Å². The van der Waals surface area contributed by atoms with Crippen LogP contribution in [-0.4, -0.2) is 4.57 Å². The van der Waals surface area contributed by atoms with Gasteiger partial charge in [-0.1, -0.05) is 91.0 Å². The summed E-state index contributed by atoms with van der Waals surface area (Å²) in [6.07, 6.45) is 0. The van der Waals surface area contributed by atoms with Crippen LogP contribution in [0.5, 0.6) is 0 Å². The average molecular weight is 657 g/mol. The summed E-state index contributed by atoms with van der Waals surface area (Å²) in [7, 11) is 0. The van der Waals surface area contributed by atoms with Gasteiger partial charge in [-0.3, -0.25) is 0 Å². The van der Waals surface area contributed by atoms with Crippen molar-refractivity contribution in [2.45, 2.75) is 0 Å². The van der Waals surface area contributed by atoms with Gasteiger partial charge in [0.15, 0.2) is 0 Å². The van der Waals surface area contributed by atoms with Crippen molar-refractivity contribution in [2.75, 3.05) is 4.90 Å². The minimum absolute atomic E-state index is 0.905. The summed E-state index contributed by atoms with van der Waals surface area (Å²) < 4.78 is 11.3. The Labute approximate surface area is 291 Å². The van der Waals surface area contributed by atoms with Gasteiger partial charge in [-0.15, -0.1) is 11.3 Å². The van der Waals surface area contributed by atoms with Crippen LogP contribution in [0.3, 0.4) is 0 Å². The first-order chi connectivity index (χ1) is 24.8. The van der Waals surface area contributed by atoms with E-state index in [-0.39, 0.29) is 0 Å². The second-order valence-corrected chi connectivity index (χ2v) is 14.1. The molecule has 0 amide bonds. The highest BCUT2D eigenvalue weighted by atomic mass is 32.1. The number of fused-ring (bicyclic) bond motifs is 10. The standard InChI is InChI=1S/C46H28N2OS/c1-2-10-31(11-3-1)48-41-15-7-4-12-35(41)36-22-20-33(27-42(36)48)47(34-21-23-39-38-14-6-9-17-45(38)50-46(39)28-34)32-19-18-29-25-40-37-13-5-8-16-43(37)49-44(40)26-30(29)24-32/h1-28H. The van der Waals surface area contributed by atoms with E-state index >= 15 is 0 Å². The number of hydrogen-bond acceptors (Lipinski definition) is 3. The molecule has 8 aromatic carbocycles. The number of nitrogens with zero attached hydrogens (tertiary/aromatic N) is 2. The number of anilines is 3. The predicted molar refractivity (Wildman–Crippen MR) is 213 cm³/mol. The lowest BCUT2D eigenvalue weighted by Gasteiger charge is -2.26. The van der Waals surface area contributed by atoms with E-state index in [2.05, 4.69) is 167 Å². The zero-order valence-corrected chi connectivity index (χ0v) is 27.7.